The maximum atomic E-state index is 12.0. The van der Waals surface area contributed by atoms with Crippen molar-refractivity contribution in [3.05, 3.63) is 28.3 Å². The Bertz CT molecular complexity index is 583. The second kappa shape index (κ2) is 6.64. The summed E-state index contributed by atoms with van der Waals surface area (Å²) in [6.07, 6.45) is 0.397. The number of methoxy groups -OCH3 is 1. The van der Waals surface area contributed by atoms with E-state index in [0.717, 1.165) is 6.07 Å². The third kappa shape index (κ3) is 3.65. The SMILES string of the molecule is CC[C@@H](CO)NS(=O)(=O)c1ccc(OC)c([N+](=O)[O-])c1. The van der Waals surface area contributed by atoms with Crippen LogP contribution in [0.3, 0.4) is 0 Å². The molecule has 0 saturated heterocycles. The van der Waals surface area contributed by atoms with E-state index in [4.69, 9.17) is 9.84 Å². The first-order valence-corrected chi connectivity index (χ1v) is 7.29. The molecule has 20 heavy (non-hydrogen) atoms. The first kappa shape index (κ1) is 16.3. The van der Waals surface area contributed by atoms with Crippen molar-refractivity contribution < 1.29 is 23.2 Å². The van der Waals surface area contributed by atoms with Gasteiger partial charge >= 0.3 is 5.69 Å². The zero-order chi connectivity index (χ0) is 15.3. The summed E-state index contributed by atoms with van der Waals surface area (Å²) in [5.41, 5.74) is -0.438. The highest BCUT2D eigenvalue weighted by atomic mass is 32.2. The first-order valence-electron chi connectivity index (χ1n) is 5.81. The summed E-state index contributed by atoms with van der Waals surface area (Å²) in [5.74, 6) is -0.0249. The molecule has 1 aromatic rings. The van der Waals surface area contributed by atoms with Crippen LogP contribution in [-0.4, -0.2) is 38.2 Å². The highest BCUT2D eigenvalue weighted by Gasteiger charge is 2.23. The Morgan fingerprint density at radius 1 is 1.50 bits per heavy atom. The van der Waals surface area contributed by atoms with Crippen molar-refractivity contribution >= 4 is 15.7 Å². The number of rotatable bonds is 7. The fraction of sp³-hybridized carbons (Fsp3) is 0.455. The van der Waals surface area contributed by atoms with Gasteiger partial charge in [-0.25, -0.2) is 13.1 Å². The van der Waals surface area contributed by atoms with Crippen LogP contribution in [0.1, 0.15) is 13.3 Å². The zero-order valence-corrected chi connectivity index (χ0v) is 11.9. The van der Waals surface area contributed by atoms with Gasteiger partial charge in [-0.3, -0.25) is 10.1 Å². The van der Waals surface area contributed by atoms with Gasteiger partial charge in [-0.1, -0.05) is 6.92 Å². The van der Waals surface area contributed by atoms with Crippen LogP contribution in [0.2, 0.25) is 0 Å². The van der Waals surface area contributed by atoms with Crippen LogP contribution < -0.4 is 9.46 Å². The molecular weight excluding hydrogens is 288 g/mol. The lowest BCUT2D eigenvalue weighted by molar-refractivity contribution is -0.386. The Kier molecular flexibility index (Phi) is 5.43. The topological polar surface area (TPSA) is 119 Å². The van der Waals surface area contributed by atoms with Crippen LogP contribution in [0, 0.1) is 10.1 Å². The lowest BCUT2D eigenvalue weighted by Crippen LogP contribution is -2.36. The van der Waals surface area contributed by atoms with Crippen LogP contribution in [-0.2, 0) is 10.0 Å². The fourth-order valence-corrected chi connectivity index (χ4v) is 2.85. The van der Waals surface area contributed by atoms with Crippen LogP contribution in [0.15, 0.2) is 23.1 Å². The molecule has 0 fully saturated rings. The Labute approximate surface area is 116 Å². The Morgan fingerprint density at radius 3 is 2.60 bits per heavy atom. The van der Waals surface area contributed by atoms with Gasteiger partial charge in [0.05, 0.1) is 23.5 Å². The van der Waals surface area contributed by atoms with E-state index in [1.54, 1.807) is 6.92 Å². The maximum Gasteiger partial charge on any atom is 0.312 e. The molecule has 0 bridgehead atoms. The van der Waals surface area contributed by atoms with Crippen molar-refractivity contribution in [1.82, 2.24) is 4.72 Å². The summed E-state index contributed by atoms with van der Waals surface area (Å²) in [6, 6.07) is 2.71. The summed E-state index contributed by atoms with van der Waals surface area (Å²) in [7, 11) is -2.68. The second-order valence-electron chi connectivity index (χ2n) is 4.00. The van der Waals surface area contributed by atoms with Crippen LogP contribution in [0.4, 0.5) is 5.69 Å². The number of benzene rings is 1. The third-order valence-corrected chi connectivity index (χ3v) is 4.21. The standard InChI is InChI=1S/C11H16N2O6S/c1-3-8(7-14)12-20(17,18)9-4-5-11(19-2)10(6-9)13(15)16/h4-6,8,12,14H,3,7H2,1-2H3/t8-/m0/s1. The van der Waals surface area contributed by atoms with Gasteiger partial charge in [-0.2, -0.15) is 0 Å². The monoisotopic (exact) mass is 304 g/mol. The number of aliphatic hydroxyl groups is 1. The van der Waals surface area contributed by atoms with E-state index in [1.165, 1.54) is 19.2 Å². The van der Waals surface area contributed by atoms with Crippen molar-refractivity contribution in [3.8, 4) is 5.75 Å². The van der Waals surface area contributed by atoms with Crippen LogP contribution in [0.25, 0.3) is 0 Å². The first-order chi connectivity index (χ1) is 9.35. The van der Waals surface area contributed by atoms with Crippen molar-refractivity contribution in [3.63, 3.8) is 0 Å². The lowest BCUT2D eigenvalue weighted by atomic mass is 10.3. The fourth-order valence-electron chi connectivity index (χ4n) is 1.52. The molecule has 0 radical (unpaired) electrons. The number of hydrogen-bond donors (Lipinski definition) is 2. The van der Waals surface area contributed by atoms with E-state index < -0.39 is 26.7 Å². The molecule has 8 nitrogen and oxygen atoms in total. The minimum Gasteiger partial charge on any atom is -0.490 e. The highest BCUT2D eigenvalue weighted by molar-refractivity contribution is 7.89. The van der Waals surface area contributed by atoms with E-state index >= 15 is 0 Å². The Balaban J connectivity index is 3.19. The number of nitro benzene ring substituents is 1. The van der Waals surface area contributed by atoms with Gasteiger partial charge in [-0.15, -0.1) is 0 Å². The number of nitro groups is 1. The molecule has 0 unspecified atom stereocenters. The molecule has 0 aliphatic rings. The Hall–Kier alpha value is -1.71. The predicted octanol–water partition coefficient (Wildman–Crippen LogP) is 0.653. The van der Waals surface area contributed by atoms with Gasteiger partial charge in [-0.05, 0) is 18.6 Å². The molecule has 0 aliphatic heterocycles. The van der Waals surface area contributed by atoms with Gasteiger partial charge in [0, 0.05) is 12.1 Å². The van der Waals surface area contributed by atoms with Crippen molar-refractivity contribution in [2.75, 3.05) is 13.7 Å². The molecule has 1 atom stereocenters. The number of nitrogens with zero attached hydrogens (tertiary/aromatic N) is 1. The van der Waals surface area contributed by atoms with E-state index in [-0.39, 0.29) is 17.3 Å². The highest BCUT2D eigenvalue weighted by Crippen LogP contribution is 2.29. The molecule has 1 rings (SSSR count). The molecule has 0 aliphatic carbocycles. The number of hydrogen-bond acceptors (Lipinski definition) is 6. The Morgan fingerprint density at radius 2 is 2.15 bits per heavy atom. The van der Waals surface area contributed by atoms with Gasteiger partial charge in [0.25, 0.3) is 0 Å². The van der Waals surface area contributed by atoms with Gasteiger partial charge in [0.15, 0.2) is 5.75 Å². The number of aliphatic hydroxyl groups excluding tert-OH is 1. The molecule has 9 heteroatoms. The summed E-state index contributed by atoms with van der Waals surface area (Å²) in [5, 5.41) is 19.9. The number of ether oxygens (including phenoxy) is 1. The van der Waals surface area contributed by atoms with Gasteiger partial charge in [0.2, 0.25) is 10.0 Å². The van der Waals surface area contributed by atoms with E-state index in [9.17, 15) is 18.5 Å². The summed E-state index contributed by atoms with van der Waals surface area (Å²) < 4.78 is 31.2. The maximum absolute atomic E-state index is 12.0. The molecule has 0 saturated carbocycles. The van der Waals surface area contributed by atoms with Crippen molar-refractivity contribution in [2.45, 2.75) is 24.3 Å². The second-order valence-corrected chi connectivity index (χ2v) is 5.71. The van der Waals surface area contributed by atoms with Crippen LogP contribution in [0.5, 0.6) is 5.75 Å². The van der Waals surface area contributed by atoms with E-state index in [0.29, 0.717) is 6.42 Å². The molecule has 112 valence electrons. The molecule has 2 N–H and O–H groups in total. The van der Waals surface area contributed by atoms with Gasteiger partial charge in [0.1, 0.15) is 0 Å². The summed E-state index contributed by atoms with van der Waals surface area (Å²) in [6.45, 7) is 1.36. The lowest BCUT2D eigenvalue weighted by Gasteiger charge is -2.14. The van der Waals surface area contributed by atoms with E-state index in [2.05, 4.69) is 4.72 Å². The van der Waals surface area contributed by atoms with Crippen molar-refractivity contribution in [1.29, 1.82) is 0 Å². The minimum atomic E-state index is -3.93. The average Bonchev–Trinajstić information content (AvgIpc) is 2.43. The summed E-state index contributed by atoms with van der Waals surface area (Å²) >= 11 is 0. The third-order valence-electron chi connectivity index (χ3n) is 2.69. The average molecular weight is 304 g/mol. The minimum absolute atomic E-state index is 0.0249. The van der Waals surface area contributed by atoms with Gasteiger partial charge < -0.3 is 9.84 Å². The molecular formula is C11H16N2O6S. The predicted molar refractivity (Wildman–Crippen MR) is 71.1 cm³/mol. The van der Waals surface area contributed by atoms with Crippen molar-refractivity contribution in [2.24, 2.45) is 0 Å². The molecule has 0 amide bonds. The molecule has 0 heterocycles. The zero-order valence-electron chi connectivity index (χ0n) is 11.1. The summed E-state index contributed by atoms with van der Waals surface area (Å²) in [4.78, 5) is 9.89. The molecule has 0 spiro atoms. The smallest absolute Gasteiger partial charge is 0.312 e. The van der Waals surface area contributed by atoms with E-state index in [1.807, 2.05) is 0 Å². The quantitative estimate of drug-likeness (QED) is 0.564. The number of sulfonamides is 1. The molecule has 0 aromatic heterocycles. The van der Waals surface area contributed by atoms with Crippen LogP contribution >= 0.6 is 0 Å². The number of nitrogens with one attached hydrogen (secondary N) is 1. The molecule has 1 aromatic carbocycles. The largest absolute Gasteiger partial charge is 0.490 e. The normalized spacial score (nSPS) is 12.9.